The Hall–Kier alpha value is -1.70. The lowest BCUT2D eigenvalue weighted by Crippen LogP contribution is -2.47. The molecule has 0 unspecified atom stereocenters. The second kappa shape index (κ2) is 13.7. The highest BCUT2D eigenvalue weighted by atomic mass is 28.4. The van der Waals surface area contributed by atoms with Crippen molar-refractivity contribution in [2.24, 2.45) is 5.92 Å². The molecule has 0 bridgehead atoms. The van der Waals surface area contributed by atoms with E-state index in [0.29, 0.717) is 6.61 Å². The van der Waals surface area contributed by atoms with Gasteiger partial charge in [-0.25, -0.2) is 0 Å². The summed E-state index contributed by atoms with van der Waals surface area (Å²) in [5.41, 5.74) is 2.07. The van der Waals surface area contributed by atoms with Gasteiger partial charge in [0.1, 0.15) is 5.75 Å². The van der Waals surface area contributed by atoms with Crippen LogP contribution in [0.3, 0.4) is 0 Å². The van der Waals surface area contributed by atoms with Gasteiger partial charge in [0.05, 0.1) is 32.0 Å². The summed E-state index contributed by atoms with van der Waals surface area (Å²) >= 11 is 0. The lowest BCUT2D eigenvalue weighted by molar-refractivity contribution is -0.225. The van der Waals surface area contributed by atoms with E-state index in [4.69, 9.17) is 23.4 Å². The van der Waals surface area contributed by atoms with Gasteiger partial charge in [-0.3, -0.25) is 0 Å². The second-order valence-electron chi connectivity index (χ2n) is 11.3. The van der Waals surface area contributed by atoms with Gasteiger partial charge in [0.15, 0.2) is 14.6 Å². The van der Waals surface area contributed by atoms with E-state index in [2.05, 4.69) is 66.1 Å². The molecule has 1 fully saturated rings. The number of ether oxygens (including phenoxy) is 4. The normalized spacial score (nSPS) is 22.8. The first-order valence-electron chi connectivity index (χ1n) is 13.0. The quantitative estimate of drug-likeness (QED) is 0.153. The van der Waals surface area contributed by atoms with Crippen molar-refractivity contribution in [1.29, 1.82) is 0 Å². The summed E-state index contributed by atoms with van der Waals surface area (Å²) < 4.78 is 29.9. The van der Waals surface area contributed by atoms with Gasteiger partial charge in [-0.15, -0.1) is 6.58 Å². The standard InChI is InChI=1S/C30H48O5Si/c1-11-26(32-8)28(35-36(9,10)30(4,5)6)14-12-13-22(2)15-20-27-23(3)21-33-29(34-27)24-16-18-25(31-7)19-17-24/h11,15-20,23,26-29H,1-2,12-14,21H2,3-10H3/b20-15+/t23-,26+,27-,28+,29+/m1/s1. The molecule has 1 heterocycles. The first kappa shape index (κ1) is 30.5. The van der Waals surface area contributed by atoms with Crippen LogP contribution >= 0.6 is 0 Å². The largest absolute Gasteiger partial charge is 0.497 e. The Labute approximate surface area is 220 Å². The molecular formula is C30H48O5Si. The Balaban J connectivity index is 1.93. The Morgan fingerprint density at radius 2 is 1.86 bits per heavy atom. The van der Waals surface area contributed by atoms with Gasteiger partial charge < -0.3 is 23.4 Å². The van der Waals surface area contributed by atoms with Gasteiger partial charge in [-0.1, -0.05) is 70.2 Å². The molecule has 202 valence electrons. The summed E-state index contributed by atoms with van der Waals surface area (Å²) in [4.78, 5) is 0. The van der Waals surface area contributed by atoms with Crippen LogP contribution in [0, 0.1) is 5.92 Å². The van der Waals surface area contributed by atoms with Gasteiger partial charge in [0, 0.05) is 18.6 Å². The zero-order valence-electron chi connectivity index (χ0n) is 23.7. The summed E-state index contributed by atoms with van der Waals surface area (Å²) in [7, 11) is 1.46. The van der Waals surface area contributed by atoms with Crippen LogP contribution in [0.15, 0.2) is 61.2 Å². The van der Waals surface area contributed by atoms with Crippen LogP contribution in [-0.2, 0) is 18.6 Å². The van der Waals surface area contributed by atoms with Crippen molar-refractivity contribution in [3.05, 3.63) is 66.8 Å². The molecule has 6 heteroatoms. The molecule has 2 rings (SSSR count). The van der Waals surface area contributed by atoms with E-state index in [1.54, 1.807) is 14.2 Å². The molecule has 5 nitrogen and oxygen atoms in total. The average molecular weight is 517 g/mol. The molecule has 1 aliphatic heterocycles. The SMILES string of the molecule is C=C[C@H](OC)[C@H](CCCC(=C)/C=C/[C@H]1O[C@@H](c2ccc(OC)cc2)OC[C@H]1C)O[Si](C)(C)C(C)(C)C. The van der Waals surface area contributed by atoms with Crippen LogP contribution in [0.25, 0.3) is 0 Å². The maximum Gasteiger partial charge on any atom is 0.192 e. The van der Waals surface area contributed by atoms with E-state index in [1.165, 1.54) is 0 Å². The van der Waals surface area contributed by atoms with Crippen LogP contribution in [0.5, 0.6) is 5.75 Å². The first-order valence-corrected chi connectivity index (χ1v) is 15.9. The zero-order valence-corrected chi connectivity index (χ0v) is 24.7. The first-order chi connectivity index (χ1) is 16.9. The van der Waals surface area contributed by atoms with E-state index >= 15 is 0 Å². The van der Waals surface area contributed by atoms with Gasteiger partial charge in [-0.05, 0) is 49.5 Å². The minimum atomic E-state index is -1.93. The minimum absolute atomic E-state index is 0.00530. The van der Waals surface area contributed by atoms with Crippen LogP contribution in [0.1, 0.15) is 58.8 Å². The molecule has 0 aliphatic carbocycles. The van der Waals surface area contributed by atoms with E-state index < -0.39 is 8.32 Å². The lowest BCUT2D eigenvalue weighted by Gasteiger charge is -2.40. The summed E-state index contributed by atoms with van der Waals surface area (Å²) in [5, 5.41) is 0.140. The van der Waals surface area contributed by atoms with E-state index in [-0.39, 0.29) is 35.6 Å². The third-order valence-electron chi connectivity index (χ3n) is 7.37. The molecule has 1 aromatic carbocycles. The predicted molar refractivity (Wildman–Crippen MR) is 151 cm³/mol. The average Bonchev–Trinajstić information content (AvgIpc) is 2.83. The van der Waals surface area contributed by atoms with Crippen molar-refractivity contribution < 1.29 is 23.4 Å². The van der Waals surface area contributed by atoms with Crippen LogP contribution < -0.4 is 4.74 Å². The number of rotatable bonds is 13. The Bertz CT molecular complexity index is 855. The topological polar surface area (TPSA) is 46.2 Å². The van der Waals surface area contributed by atoms with E-state index in [9.17, 15) is 0 Å². The van der Waals surface area contributed by atoms with Crippen LogP contribution in [0.4, 0.5) is 0 Å². The molecule has 0 amide bonds. The third-order valence-corrected chi connectivity index (χ3v) is 11.9. The molecule has 0 saturated carbocycles. The van der Waals surface area contributed by atoms with Crippen molar-refractivity contribution in [1.82, 2.24) is 0 Å². The van der Waals surface area contributed by atoms with Crippen LogP contribution in [0.2, 0.25) is 18.1 Å². The Morgan fingerprint density at radius 3 is 2.42 bits per heavy atom. The molecule has 1 aliphatic rings. The molecular weight excluding hydrogens is 468 g/mol. The number of allylic oxidation sites excluding steroid dienone is 2. The van der Waals surface area contributed by atoms with Gasteiger partial charge in [0.25, 0.3) is 0 Å². The molecule has 0 aromatic heterocycles. The fourth-order valence-electron chi connectivity index (χ4n) is 3.91. The monoisotopic (exact) mass is 516 g/mol. The molecule has 5 atom stereocenters. The van der Waals surface area contributed by atoms with Crippen LogP contribution in [-0.4, -0.2) is 47.5 Å². The fourth-order valence-corrected chi connectivity index (χ4v) is 5.27. The summed E-state index contributed by atoms with van der Waals surface area (Å²) in [6, 6.07) is 7.82. The molecule has 0 N–H and O–H groups in total. The highest BCUT2D eigenvalue weighted by Crippen LogP contribution is 2.38. The number of hydrogen-bond donors (Lipinski definition) is 0. The zero-order chi connectivity index (χ0) is 26.9. The molecule has 1 saturated heterocycles. The van der Waals surface area contributed by atoms with Crippen molar-refractivity contribution in [2.45, 2.75) is 89.7 Å². The number of methoxy groups -OCH3 is 2. The highest BCUT2D eigenvalue weighted by Gasteiger charge is 2.40. The fraction of sp³-hybridized carbons (Fsp3) is 0.600. The van der Waals surface area contributed by atoms with Crippen molar-refractivity contribution in [3.63, 3.8) is 0 Å². The summed E-state index contributed by atoms with van der Waals surface area (Å²) in [6.07, 6.45) is 8.30. The second-order valence-corrected chi connectivity index (χ2v) is 16.0. The molecule has 1 aromatic rings. The lowest BCUT2D eigenvalue weighted by atomic mass is 10.0. The smallest absolute Gasteiger partial charge is 0.192 e. The summed E-state index contributed by atoms with van der Waals surface area (Å²) in [5.74, 6) is 1.08. The molecule has 0 spiro atoms. The molecule has 0 radical (unpaired) electrons. The highest BCUT2D eigenvalue weighted by molar-refractivity contribution is 6.74. The maximum atomic E-state index is 6.72. The van der Waals surface area contributed by atoms with Crippen molar-refractivity contribution in [3.8, 4) is 5.75 Å². The summed E-state index contributed by atoms with van der Waals surface area (Å²) in [6.45, 7) is 22.4. The number of hydrogen-bond acceptors (Lipinski definition) is 5. The van der Waals surface area contributed by atoms with Crippen molar-refractivity contribution in [2.75, 3.05) is 20.8 Å². The Kier molecular flexibility index (Phi) is 11.6. The van der Waals surface area contributed by atoms with E-state index in [1.807, 2.05) is 30.3 Å². The Morgan fingerprint density at radius 1 is 1.19 bits per heavy atom. The predicted octanol–water partition coefficient (Wildman–Crippen LogP) is 7.62. The maximum absolute atomic E-state index is 6.72. The minimum Gasteiger partial charge on any atom is -0.497 e. The van der Waals surface area contributed by atoms with Gasteiger partial charge in [-0.2, -0.15) is 0 Å². The number of benzene rings is 1. The van der Waals surface area contributed by atoms with Gasteiger partial charge in [0.2, 0.25) is 0 Å². The van der Waals surface area contributed by atoms with Crippen molar-refractivity contribution >= 4 is 8.32 Å². The van der Waals surface area contributed by atoms with E-state index in [0.717, 1.165) is 36.1 Å². The third kappa shape index (κ3) is 8.70. The molecule has 36 heavy (non-hydrogen) atoms. The van der Waals surface area contributed by atoms with Gasteiger partial charge >= 0.3 is 0 Å².